The molecule has 2 atom stereocenters. The molecule has 0 aromatic carbocycles. The molecule has 0 bridgehead atoms. The average Bonchev–Trinajstić information content (AvgIpc) is 2.30. The van der Waals surface area contributed by atoms with Gasteiger partial charge in [-0.15, -0.1) is 0 Å². The molecular formula is C16H27N. The highest BCUT2D eigenvalue weighted by atomic mass is 15.1. The largest absolute Gasteiger partial charge is 0.299 e. The molecular weight excluding hydrogens is 206 g/mol. The molecule has 0 spiro atoms. The fraction of sp³-hybridized carbons (Fsp3) is 0.750. The van der Waals surface area contributed by atoms with Gasteiger partial charge in [0.05, 0.1) is 0 Å². The van der Waals surface area contributed by atoms with Gasteiger partial charge in [-0.25, -0.2) is 0 Å². The maximum absolute atomic E-state index is 2.67. The predicted octanol–water partition coefficient (Wildman–Crippen LogP) is 3.88. The summed E-state index contributed by atoms with van der Waals surface area (Å²) in [5.41, 5.74) is 3.35. The van der Waals surface area contributed by atoms with E-state index in [1.165, 1.54) is 32.5 Å². The zero-order valence-corrected chi connectivity index (χ0v) is 11.9. The Kier molecular flexibility index (Phi) is 4.09. The Morgan fingerprint density at radius 1 is 1.35 bits per heavy atom. The van der Waals surface area contributed by atoms with Crippen molar-refractivity contribution in [3.05, 3.63) is 23.3 Å². The lowest BCUT2D eigenvalue weighted by molar-refractivity contribution is 0.213. The van der Waals surface area contributed by atoms with E-state index >= 15 is 0 Å². The molecule has 0 aromatic heterocycles. The molecule has 1 heteroatoms. The first kappa shape index (κ1) is 12.9. The molecule has 0 fully saturated rings. The van der Waals surface area contributed by atoms with Crippen LogP contribution in [0.25, 0.3) is 0 Å². The minimum atomic E-state index is 0.771. The van der Waals surface area contributed by atoms with Crippen molar-refractivity contribution in [2.75, 3.05) is 19.6 Å². The van der Waals surface area contributed by atoms with Crippen LogP contribution in [0.1, 0.15) is 40.5 Å². The van der Waals surface area contributed by atoms with Crippen molar-refractivity contribution in [2.45, 2.75) is 40.5 Å². The molecule has 1 aliphatic heterocycles. The first-order chi connectivity index (χ1) is 8.08. The Morgan fingerprint density at radius 3 is 2.82 bits per heavy atom. The zero-order chi connectivity index (χ0) is 12.4. The summed E-state index contributed by atoms with van der Waals surface area (Å²) < 4.78 is 0. The highest BCUT2D eigenvalue weighted by Gasteiger charge is 2.24. The third-order valence-electron chi connectivity index (χ3n) is 4.59. The first-order valence-corrected chi connectivity index (χ1v) is 7.18. The number of allylic oxidation sites excluding steroid dienone is 2. The van der Waals surface area contributed by atoms with E-state index in [1.54, 1.807) is 11.1 Å². The average molecular weight is 233 g/mol. The van der Waals surface area contributed by atoms with Crippen LogP contribution in [0.2, 0.25) is 0 Å². The summed E-state index contributed by atoms with van der Waals surface area (Å²) in [6.07, 6.45) is 7.24. The predicted molar refractivity (Wildman–Crippen MR) is 75.0 cm³/mol. The summed E-state index contributed by atoms with van der Waals surface area (Å²) in [5.74, 6) is 2.38. The van der Waals surface area contributed by atoms with Gasteiger partial charge in [-0.1, -0.05) is 39.8 Å². The topological polar surface area (TPSA) is 3.24 Å². The van der Waals surface area contributed by atoms with E-state index in [0.717, 1.165) is 17.8 Å². The molecule has 0 N–H and O–H groups in total. The quantitative estimate of drug-likeness (QED) is 0.715. The van der Waals surface area contributed by atoms with Crippen LogP contribution in [0.3, 0.4) is 0 Å². The van der Waals surface area contributed by atoms with Gasteiger partial charge < -0.3 is 0 Å². The van der Waals surface area contributed by atoms with Gasteiger partial charge >= 0.3 is 0 Å². The third kappa shape index (κ3) is 3.01. The maximum atomic E-state index is 2.67. The maximum Gasteiger partial charge on any atom is 0.0201 e. The summed E-state index contributed by atoms with van der Waals surface area (Å²) in [4.78, 5) is 2.67. The lowest BCUT2D eigenvalue weighted by atomic mass is 9.84. The number of nitrogens with zero attached hydrogens (tertiary/aromatic N) is 1. The summed E-state index contributed by atoms with van der Waals surface area (Å²) in [7, 11) is 0. The Morgan fingerprint density at radius 2 is 2.12 bits per heavy atom. The first-order valence-electron chi connectivity index (χ1n) is 7.18. The Balaban J connectivity index is 1.98. The highest BCUT2D eigenvalue weighted by Crippen LogP contribution is 2.31. The second-order valence-corrected chi connectivity index (χ2v) is 6.30. The number of rotatable bonds is 3. The van der Waals surface area contributed by atoms with Crippen molar-refractivity contribution < 1.29 is 0 Å². The minimum Gasteiger partial charge on any atom is -0.299 e. The van der Waals surface area contributed by atoms with Gasteiger partial charge in [0.2, 0.25) is 0 Å². The smallest absolute Gasteiger partial charge is 0.0201 e. The zero-order valence-electron chi connectivity index (χ0n) is 11.9. The molecule has 2 rings (SSSR count). The molecule has 2 unspecified atom stereocenters. The lowest BCUT2D eigenvalue weighted by Gasteiger charge is -2.36. The van der Waals surface area contributed by atoms with Crippen LogP contribution in [0.4, 0.5) is 0 Å². The van der Waals surface area contributed by atoms with E-state index < -0.39 is 0 Å². The molecule has 0 radical (unpaired) electrons. The number of hydrogen-bond acceptors (Lipinski definition) is 1. The third-order valence-corrected chi connectivity index (χ3v) is 4.59. The molecule has 0 aromatic rings. The van der Waals surface area contributed by atoms with Crippen molar-refractivity contribution >= 4 is 0 Å². The molecule has 0 saturated heterocycles. The van der Waals surface area contributed by atoms with Crippen LogP contribution in [-0.4, -0.2) is 24.5 Å². The van der Waals surface area contributed by atoms with Crippen molar-refractivity contribution in [3.63, 3.8) is 0 Å². The van der Waals surface area contributed by atoms with E-state index in [0.29, 0.717) is 0 Å². The molecule has 96 valence electrons. The van der Waals surface area contributed by atoms with Crippen LogP contribution in [0.15, 0.2) is 23.3 Å². The van der Waals surface area contributed by atoms with Crippen molar-refractivity contribution in [1.82, 2.24) is 4.90 Å². The monoisotopic (exact) mass is 233 g/mol. The number of hydrogen-bond donors (Lipinski definition) is 0. The standard InChI is InChI=1S/C16H27N/c1-12(2)14(4)10-17-9-8-15-7-5-6-13(3)16(15)11-17/h5,7,12-14H,6,8-11H2,1-4H3. The van der Waals surface area contributed by atoms with Gasteiger partial charge in [0.1, 0.15) is 0 Å². The van der Waals surface area contributed by atoms with Crippen LogP contribution in [-0.2, 0) is 0 Å². The van der Waals surface area contributed by atoms with Crippen LogP contribution >= 0.6 is 0 Å². The molecule has 17 heavy (non-hydrogen) atoms. The Hall–Kier alpha value is -0.560. The molecule has 2 aliphatic rings. The van der Waals surface area contributed by atoms with Crippen LogP contribution in [0.5, 0.6) is 0 Å². The lowest BCUT2D eigenvalue weighted by Crippen LogP contribution is -2.37. The van der Waals surface area contributed by atoms with E-state index in [1.807, 2.05) is 0 Å². The van der Waals surface area contributed by atoms with Gasteiger partial charge in [-0.3, -0.25) is 4.90 Å². The van der Waals surface area contributed by atoms with Gasteiger partial charge in [-0.2, -0.15) is 0 Å². The molecule has 0 amide bonds. The Labute approximate surface area is 107 Å². The van der Waals surface area contributed by atoms with Gasteiger partial charge in [0.25, 0.3) is 0 Å². The summed E-state index contributed by atoms with van der Waals surface area (Å²) >= 11 is 0. The molecule has 1 nitrogen and oxygen atoms in total. The second-order valence-electron chi connectivity index (χ2n) is 6.30. The Bertz CT molecular complexity index is 324. The fourth-order valence-electron chi connectivity index (χ4n) is 2.85. The highest BCUT2D eigenvalue weighted by molar-refractivity contribution is 5.34. The molecule has 1 heterocycles. The van der Waals surface area contributed by atoms with Crippen LogP contribution in [0, 0.1) is 17.8 Å². The van der Waals surface area contributed by atoms with Crippen LogP contribution < -0.4 is 0 Å². The van der Waals surface area contributed by atoms with Gasteiger partial charge in [-0.05, 0) is 41.7 Å². The summed E-state index contributed by atoms with van der Waals surface area (Å²) in [5, 5.41) is 0. The second kappa shape index (κ2) is 5.39. The van der Waals surface area contributed by atoms with Crippen molar-refractivity contribution in [1.29, 1.82) is 0 Å². The fourth-order valence-corrected chi connectivity index (χ4v) is 2.85. The van der Waals surface area contributed by atoms with Crippen molar-refractivity contribution in [3.8, 4) is 0 Å². The van der Waals surface area contributed by atoms with Gasteiger partial charge in [0.15, 0.2) is 0 Å². The summed E-state index contributed by atoms with van der Waals surface area (Å²) in [6, 6.07) is 0. The van der Waals surface area contributed by atoms with Gasteiger partial charge in [0, 0.05) is 19.6 Å². The van der Waals surface area contributed by atoms with Crippen molar-refractivity contribution in [2.24, 2.45) is 17.8 Å². The molecule has 0 saturated carbocycles. The summed E-state index contributed by atoms with van der Waals surface area (Å²) in [6.45, 7) is 13.2. The van der Waals surface area contributed by atoms with E-state index in [9.17, 15) is 0 Å². The normalized spacial score (nSPS) is 27.5. The van der Waals surface area contributed by atoms with E-state index in [-0.39, 0.29) is 0 Å². The SMILES string of the molecule is CC1CC=CC2=C1CN(CC(C)C(C)C)CC2. The van der Waals surface area contributed by atoms with E-state index in [2.05, 4.69) is 44.7 Å². The minimum absolute atomic E-state index is 0.771. The van der Waals surface area contributed by atoms with E-state index in [4.69, 9.17) is 0 Å². The molecule has 1 aliphatic carbocycles.